The maximum Gasteiger partial charge on any atom is 0.207 e. The zero-order valence-electron chi connectivity index (χ0n) is 18.1. The van der Waals surface area contributed by atoms with Crippen LogP contribution in [0, 0.1) is 0 Å². The molecule has 0 fully saturated rings. The number of ether oxygens (including phenoxy) is 4. The third kappa shape index (κ3) is 9.55. The van der Waals surface area contributed by atoms with Crippen LogP contribution in [-0.2, 0) is 0 Å². The van der Waals surface area contributed by atoms with Gasteiger partial charge in [-0.2, -0.15) is 10.2 Å². The van der Waals surface area contributed by atoms with E-state index in [-0.39, 0.29) is 27.0 Å². The zero-order valence-corrected chi connectivity index (χ0v) is 18.9. The van der Waals surface area contributed by atoms with E-state index >= 15 is 0 Å². The monoisotopic (exact) mass is 474 g/mol. The molecule has 2 rings (SSSR count). The Bertz CT molecular complexity index is 811. The maximum absolute atomic E-state index is 5.25. The number of thiocarbonyl (C=S) groups is 1. The third-order valence-corrected chi connectivity index (χ3v) is 3.76. The average Bonchev–Trinajstić information content (AvgIpc) is 2.73. The lowest BCUT2D eigenvalue weighted by molar-refractivity contribution is 0.355. The Hall–Kier alpha value is -3.49. The van der Waals surface area contributed by atoms with Crippen molar-refractivity contribution in [2.45, 2.75) is 0 Å². The molecule has 0 radical (unpaired) electrons. The summed E-state index contributed by atoms with van der Waals surface area (Å²) in [6.07, 6.45) is 3.21. The predicted molar refractivity (Wildman–Crippen MR) is 128 cm³/mol. The first kappa shape index (κ1) is 33.2. The highest BCUT2D eigenvalue weighted by Gasteiger charge is 2.04. The summed E-state index contributed by atoms with van der Waals surface area (Å²) in [5.74, 6) is 2.53. The molecule has 0 bridgehead atoms. The van der Waals surface area contributed by atoms with Crippen molar-refractivity contribution in [2.24, 2.45) is 10.2 Å². The van der Waals surface area contributed by atoms with Crippen LogP contribution in [0.15, 0.2) is 46.6 Å². The summed E-state index contributed by atoms with van der Waals surface area (Å²) < 4.78 is 20.9. The molecule has 0 amide bonds. The van der Waals surface area contributed by atoms with Crippen molar-refractivity contribution in [3.63, 3.8) is 0 Å². The van der Waals surface area contributed by atoms with Crippen molar-refractivity contribution >= 4 is 29.8 Å². The fourth-order valence-electron chi connectivity index (χ4n) is 2.22. The number of nitrogens with zero attached hydrogens (tertiary/aromatic N) is 2. The van der Waals surface area contributed by atoms with E-state index in [1.165, 1.54) is 0 Å². The second-order valence-corrected chi connectivity index (χ2v) is 5.71. The number of hydrazone groups is 2. The fourth-order valence-corrected chi connectivity index (χ4v) is 2.33. The van der Waals surface area contributed by atoms with Crippen molar-refractivity contribution < 1.29 is 40.9 Å². The first-order valence-corrected chi connectivity index (χ1v) is 8.58. The molecule has 2 aromatic rings. The second-order valence-electron chi connectivity index (χ2n) is 5.30. The lowest BCUT2D eigenvalue weighted by atomic mass is 10.2. The molecule has 13 heteroatoms. The largest absolute Gasteiger partial charge is 0.493 e. The molecule has 0 spiro atoms. The summed E-state index contributed by atoms with van der Waals surface area (Å²) >= 11 is 5.12. The van der Waals surface area contributed by atoms with E-state index in [0.717, 1.165) is 11.1 Å². The number of hydrogen-bond acceptors (Lipinski definition) is 7. The second kappa shape index (κ2) is 17.2. The van der Waals surface area contributed by atoms with Gasteiger partial charge >= 0.3 is 0 Å². The number of rotatable bonds is 8. The smallest absolute Gasteiger partial charge is 0.207 e. The lowest BCUT2D eigenvalue weighted by Crippen LogP contribution is -2.28. The molecule has 0 unspecified atom stereocenters. The van der Waals surface area contributed by atoms with Gasteiger partial charge in [0.15, 0.2) is 23.0 Å². The lowest BCUT2D eigenvalue weighted by Gasteiger charge is -2.08. The predicted octanol–water partition coefficient (Wildman–Crippen LogP) is -0.746. The Balaban J connectivity index is -0.00000210. The van der Waals surface area contributed by atoms with E-state index in [2.05, 4.69) is 21.1 Å². The molecule has 10 N–H and O–H groups in total. The summed E-state index contributed by atoms with van der Waals surface area (Å²) in [5.41, 5.74) is 7.01. The highest BCUT2D eigenvalue weighted by Crippen LogP contribution is 2.27. The Morgan fingerprint density at radius 2 is 1.00 bits per heavy atom. The van der Waals surface area contributed by atoms with Crippen molar-refractivity contribution in [3.05, 3.63) is 47.5 Å². The minimum atomic E-state index is 0. The molecule has 32 heavy (non-hydrogen) atoms. The number of benzene rings is 2. The first-order valence-electron chi connectivity index (χ1n) is 8.17. The van der Waals surface area contributed by atoms with Crippen LogP contribution in [0.4, 0.5) is 0 Å². The summed E-state index contributed by atoms with van der Waals surface area (Å²) in [5, 5.41) is 8.37. The molecule has 0 heterocycles. The van der Waals surface area contributed by atoms with Gasteiger partial charge in [-0.25, -0.2) is 0 Å². The minimum Gasteiger partial charge on any atom is -0.493 e. The standard InChI is InChI=1S/C19H22N4O4S.4H2O/c1-24-15-7-5-13(9-17(15)26-3)11-20-22-19(28)23-21-12-14-6-8-16(25-2)18(10-14)27-4;;;;/h5-12H,1-4H3,(H2,22,23,28);4*1H2/b20-11+,21-12+;;;;. The van der Waals surface area contributed by atoms with E-state index in [1.807, 2.05) is 12.1 Å². The maximum atomic E-state index is 5.25. The molecule has 2 aromatic carbocycles. The molecule has 0 aliphatic rings. The van der Waals surface area contributed by atoms with Crippen LogP contribution in [0.3, 0.4) is 0 Å². The van der Waals surface area contributed by atoms with Crippen LogP contribution in [0.1, 0.15) is 11.1 Å². The quantitative estimate of drug-likeness (QED) is 0.283. The zero-order chi connectivity index (χ0) is 20.4. The molecular formula is C19H30N4O8S. The molecule has 0 aliphatic carbocycles. The highest BCUT2D eigenvalue weighted by atomic mass is 32.1. The SMILES string of the molecule is COc1ccc(/C=N/NC(=S)N/N=C/c2ccc(OC)c(OC)c2)cc1OC.O.O.O.O. The highest BCUT2D eigenvalue weighted by molar-refractivity contribution is 7.80. The van der Waals surface area contributed by atoms with Gasteiger partial charge in [-0.15, -0.1) is 0 Å². The molecule has 12 nitrogen and oxygen atoms in total. The van der Waals surface area contributed by atoms with Gasteiger partial charge < -0.3 is 40.9 Å². The molecule has 0 aromatic heterocycles. The van der Waals surface area contributed by atoms with E-state index in [0.29, 0.717) is 23.0 Å². The normalized spacial score (nSPS) is 9.38. The number of hydrogen-bond donors (Lipinski definition) is 2. The van der Waals surface area contributed by atoms with E-state index in [9.17, 15) is 0 Å². The van der Waals surface area contributed by atoms with Crippen molar-refractivity contribution in [3.8, 4) is 23.0 Å². The van der Waals surface area contributed by atoms with E-state index in [1.54, 1.807) is 65.1 Å². The number of methoxy groups -OCH3 is 4. The van der Waals surface area contributed by atoms with Crippen molar-refractivity contribution in [1.82, 2.24) is 10.9 Å². The molecule has 0 saturated carbocycles. The Labute approximate surface area is 191 Å². The topological polar surface area (TPSA) is 212 Å². The van der Waals surface area contributed by atoms with Crippen molar-refractivity contribution in [1.29, 1.82) is 0 Å². The van der Waals surface area contributed by atoms with Crippen LogP contribution in [0.5, 0.6) is 23.0 Å². The molecule has 0 atom stereocenters. The van der Waals surface area contributed by atoms with E-state index in [4.69, 9.17) is 31.2 Å². The fraction of sp³-hybridized carbons (Fsp3) is 0.211. The van der Waals surface area contributed by atoms with Gasteiger partial charge in [-0.05, 0) is 59.7 Å². The van der Waals surface area contributed by atoms with Crippen LogP contribution in [-0.4, -0.2) is 67.9 Å². The summed E-state index contributed by atoms with van der Waals surface area (Å²) in [6.45, 7) is 0. The summed E-state index contributed by atoms with van der Waals surface area (Å²) in [7, 11) is 6.32. The van der Waals surface area contributed by atoms with Crippen LogP contribution in [0.25, 0.3) is 0 Å². The van der Waals surface area contributed by atoms with Crippen molar-refractivity contribution in [2.75, 3.05) is 28.4 Å². The molecule has 0 saturated heterocycles. The van der Waals surface area contributed by atoms with Crippen LogP contribution >= 0.6 is 12.2 Å². The Morgan fingerprint density at radius 1 is 0.656 bits per heavy atom. The van der Waals surface area contributed by atoms with Gasteiger partial charge in [-0.1, -0.05) is 0 Å². The molecule has 180 valence electrons. The van der Waals surface area contributed by atoms with Gasteiger partial charge in [0.05, 0.1) is 40.9 Å². The van der Waals surface area contributed by atoms with Gasteiger partial charge in [0.2, 0.25) is 5.11 Å². The van der Waals surface area contributed by atoms with Gasteiger partial charge in [0.25, 0.3) is 0 Å². The van der Waals surface area contributed by atoms with Gasteiger partial charge in [-0.3, -0.25) is 10.9 Å². The summed E-state index contributed by atoms with van der Waals surface area (Å²) in [6, 6.07) is 10.9. The van der Waals surface area contributed by atoms with Gasteiger partial charge in [0.1, 0.15) is 0 Å². The Morgan fingerprint density at radius 3 is 1.31 bits per heavy atom. The van der Waals surface area contributed by atoms with E-state index < -0.39 is 0 Å². The van der Waals surface area contributed by atoms with Crippen LogP contribution < -0.4 is 29.8 Å². The van der Waals surface area contributed by atoms with Gasteiger partial charge in [0, 0.05) is 0 Å². The average molecular weight is 475 g/mol. The molecule has 0 aliphatic heterocycles. The number of nitrogens with one attached hydrogen (secondary N) is 2. The van der Waals surface area contributed by atoms with Crippen LogP contribution in [0.2, 0.25) is 0 Å². The minimum absolute atomic E-state index is 0. The third-order valence-electron chi connectivity index (χ3n) is 3.57. The Kier molecular flexibility index (Phi) is 17.8. The summed E-state index contributed by atoms with van der Waals surface area (Å²) in [4.78, 5) is 0. The molecular weight excluding hydrogens is 444 g/mol. The first-order chi connectivity index (χ1) is 13.6.